The Morgan fingerprint density at radius 3 is 2.00 bits per heavy atom. The highest BCUT2D eigenvalue weighted by Gasteiger charge is 2.40. The van der Waals surface area contributed by atoms with Gasteiger partial charge >= 0.3 is 11.9 Å². The number of likely N-dealkylation sites (tertiary alicyclic amines) is 1. The Balaban J connectivity index is 2.08. The van der Waals surface area contributed by atoms with Crippen LogP contribution in [-0.2, 0) is 49.6 Å². The average Bonchev–Trinajstić information content (AvgIpc) is 3.71. The van der Waals surface area contributed by atoms with Crippen LogP contribution in [0.4, 0.5) is 0 Å². The number of thiol groups is 2. The van der Waals surface area contributed by atoms with Crippen molar-refractivity contribution in [2.45, 2.75) is 80.8 Å². The topological polar surface area (TPSA) is 400 Å². The van der Waals surface area contributed by atoms with Gasteiger partial charge in [-0.25, -0.2) is 4.79 Å². The molecule has 2 rings (SSSR count). The summed E-state index contributed by atoms with van der Waals surface area (Å²) < 4.78 is 0. The molecule has 338 valence electrons. The summed E-state index contributed by atoms with van der Waals surface area (Å²) in [6, 6.07) is -4.19. The second-order valence-corrected chi connectivity index (χ2v) is 14.4. The van der Waals surface area contributed by atoms with Gasteiger partial charge in [-0.05, 0) is 43.4 Å². The SMILES string of the molecule is NC(N)=NCCC[C@H](NC(=O)[C@H](N)CS)C(=O)NCC(=O)N[C@@H](CC(=O)O)C(=O)N[C@@H](CO)C(=O)N1CCC[C@H]1C(=O)N[C@H](CS)C(=O)N[C@@H](Cc1ccc(O)cc1)C(=O)O. The summed E-state index contributed by atoms with van der Waals surface area (Å²) in [6.45, 7) is -1.74. The van der Waals surface area contributed by atoms with Crippen LogP contribution in [0.5, 0.6) is 5.75 Å². The van der Waals surface area contributed by atoms with Gasteiger partial charge in [-0.1, -0.05) is 12.1 Å². The Bertz CT molecular complexity index is 1770. The second-order valence-electron chi connectivity index (χ2n) is 13.7. The Labute approximate surface area is 360 Å². The number of guanidine groups is 1. The number of nitrogens with zero attached hydrogens (tertiary/aromatic N) is 2. The molecule has 16 N–H and O–H groups in total. The molecule has 1 saturated heterocycles. The van der Waals surface area contributed by atoms with Gasteiger partial charge in [-0.15, -0.1) is 0 Å². The number of aliphatic hydroxyl groups excluding tert-OH is 1. The van der Waals surface area contributed by atoms with Crippen molar-refractivity contribution < 1.29 is 63.6 Å². The monoisotopic (exact) mass is 899 g/mol. The van der Waals surface area contributed by atoms with Crippen molar-refractivity contribution in [2.75, 3.05) is 37.7 Å². The number of nitrogens with two attached hydrogens (primary N) is 3. The molecule has 7 atom stereocenters. The fourth-order valence-electron chi connectivity index (χ4n) is 5.82. The molecule has 1 aliphatic rings. The molecule has 1 aliphatic heterocycles. The molecular weight excluding hydrogens is 847 g/mol. The van der Waals surface area contributed by atoms with Gasteiger partial charge in [0.2, 0.25) is 41.4 Å². The number of aliphatic hydroxyl groups is 1. The lowest BCUT2D eigenvalue weighted by Gasteiger charge is -2.30. The molecule has 1 fully saturated rings. The fraction of sp³-hybridized carbons (Fsp3) is 0.543. The Morgan fingerprint density at radius 1 is 0.803 bits per heavy atom. The van der Waals surface area contributed by atoms with E-state index in [0.717, 1.165) is 4.90 Å². The number of nitrogens with one attached hydrogen (secondary N) is 6. The van der Waals surface area contributed by atoms with Gasteiger partial charge in [0.1, 0.15) is 42.0 Å². The van der Waals surface area contributed by atoms with Crippen molar-refractivity contribution in [1.29, 1.82) is 0 Å². The van der Waals surface area contributed by atoms with Crippen molar-refractivity contribution in [2.24, 2.45) is 22.2 Å². The van der Waals surface area contributed by atoms with Crippen molar-refractivity contribution >= 4 is 84.5 Å². The van der Waals surface area contributed by atoms with Crippen LogP contribution in [0.25, 0.3) is 0 Å². The van der Waals surface area contributed by atoms with E-state index in [4.69, 9.17) is 17.2 Å². The third-order valence-corrected chi connectivity index (χ3v) is 9.77. The van der Waals surface area contributed by atoms with Gasteiger partial charge < -0.3 is 74.4 Å². The summed E-state index contributed by atoms with van der Waals surface area (Å²) in [5, 5.41) is 52.5. The van der Waals surface area contributed by atoms with Crippen LogP contribution in [0.1, 0.15) is 37.7 Å². The number of carboxylic acid groups (broad SMARTS) is 2. The first kappa shape index (κ1) is 51.3. The molecule has 61 heavy (non-hydrogen) atoms. The molecule has 0 saturated carbocycles. The second kappa shape index (κ2) is 25.7. The minimum Gasteiger partial charge on any atom is -0.508 e. The van der Waals surface area contributed by atoms with Crippen LogP contribution in [0.3, 0.4) is 0 Å². The zero-order valence-corrected chi connectivity index (χ0v) is 34.6. The lowest BCUT2D eigenvalue weighted by Crippen LogP contribution is -2.60. The number of carbonyl (C=O) groups is 9. The maximum atomic E-state index is 13.6. The number of hydrogen-bond donors (Lipinski definition) is 15. The van der Waals surface area contributed by atoms with Gasteiger partial charge in [-0.3, -0.25) is 43.3 Å². The van der Waals surface area contributed by atoms with E-state index >= 15 is 0 Å². The zero-order valence-electron chi connectivity index (χ0n) is 32.8. The van der Waals surface area contributed by atoms with Gasteiger partial charge in [0.15, 0.2) is 5.96 Å². The predicted molar refractivity (Wildman–Crippen MR) is 222 cm³/mol. The van der Waals surface area contributed by atoms with E-state index in [0.29, 0.717) is 5.56 Å². The Morgan fingerprint density at radius 2 is 1.43 bits per heavy atom. The van der Waals surface area contributed by atoms with Crippen LogP contribution in [-0.4, -0.2) is 165 Å². The molecule has 24 nitrogen and oxygen atoms in total. The van der Waals surface area contributed by atoms with Gasteiger partial charge in [0.25, 0.3) is 0 Å². The van der Waals surface area contributed by atoms with Crippen LogP contribution in [0.15, 0.2) is 29.3 Å². The number of carboxylic acids is 2. The summed E-state index contributed by atoms with van der Waals surface area (Å²) in [6.07, 6.45) is -0.541. The molecule has 0 aliphatic carbocycles. The number of phenols is 1. The number of carbonyl (C=O) groups excluding carboxylic acids is 7. The molecule has 1 aromatic rings. The van der Waals surface area contributed by atoms with Crippen LogP contribution < -0.4 is 49.1 Å². The average molecular weight is 900 g/mol. The highest BCUT2D eigenvalue weighted by Crippen LogP contribution is 2.19. The van der Waals surface area contributed by atoms with E-state index in [9.17, 15) is 63.6 Å². The molecule has 0 aromatic heterocycles. The number of rotatable bonds is 25. The Hall–Kier alpha value is -5.86. The molecule has 7 amide bonds. The van der Waals surface area contributed by atoms with E-state index in [1.165, 1.54) is 24.3 Å². The maximum Gasteiger partial charge on any atom is 0.326 e. The van der Waals surface area contributed by atoms with E-state index in [1.54, 1.807) is 0 Å². The third-order valence-electron chi connectivity index (χ3n) is 9.01. The van der Waals surface area contributed by atoms with Crippen LogP contribution in [0.2, 0.25) is 0 Å². The molecule has 0 bridgehead atoms. The third kappa shape index (κ3) is 17.3. The first-order valence-electron chi connectivity index (χ1n) is 18.8. The van der Waals surface area contributed by atoms with Crippen molar-refractivity contribution in [3.05, 3.63) is 29.8 Å². The van der Waals surface area contributed by atoms with Crippen molar-refractivity contribution in [3.63, 3.8) is 0 Å². The van der Waals surface area contributed by atoms with Gasteiger partial charge in [0.05, 0.1) is 25.6 Å². The normalized spacial score (nSPS) is 16.3. The zero-order chi connectivity index (χ0) is 45.8. The molecular formula is C35H53N11O13S2. The van der Waals surface area contributed by atoms with E-state index in [2.05, 4.69) is 62.2 Å². The van der Waals surface area contributed by atoms with Gasteiger partial charge in [-0.2, -0.15) is 25.3 Å². The summed E-state index contributed by atoms with van der Waals surface area (Å²) >= 11 is 8.06. The summed E-state index contributed by atoms with van der Waals surface area (Å²) in [5.74, 6) is -9.98. The number of phenolic OH excluding ortho intramolecular Hbond substituents is 1. The first-order valence-corrected chi connectivity index (χ1v) is 20.0. The predicted octanol–water partition coefficient (Wildman–Crippen LogP) is -5.74. The quantitative estimate of drug-likeness (QED) is 0.0188. The minimum atomic E-state index is -1.83. The summed E-state index contributed by atoms with van der Waals surface area (Å²) in [4.78, 5) is 120. The number of hydrogen-bond acceptors (Lipinski definition) is 15. The fourth-order valence-corrected chi connectivity index (χ4v) is 6.24. The van der Waals surface area contributed by atoms with Crippen LogP contribution in [0, 0.1) is 0 Å². The first-order chi connectivity index (χ1) is 28.8. The summed E-state index contributed by atoms with van der Waals surface area (Å²) in [7, 11) is 0. The highest BCUT2D eigenvalue weighted by molar-refractivity contribution is 7.80. The molecule has 1 aromatic carbocycles. The van der Waals surface area contributed by atoms with Crippen LogP contribution >= 0.6 is 25.3 Å². The largest absolute Gasteiger partial charge is 0.508 e. The van der Waals surface area contributed by atoms with E-state index in [-0.39, 0.29) is 68.4 Å². The number of aromatic hydroxyl groups is 1. The number of benzene rings is 1. The maximum absolute atomic E-state index is 13.6. The number of aliphatic carboxylic acids is 2. The molecule has 0 spiro atoms. The summed E-state index contributed by atoms with van der Waals surface area (Å²) in [5.41, 5.74) is 16.8. The Kier molecular flexibility index (Phi) is 21.6. The standard InChI is InChI=1S/C35H53N11O13S2/c36-19(15-60)28(52)42-20(3-1-9-39-35(37)38)29(53)40-13-26(49)41-21(12-27(50)51)30(54)44-23(14-47)33(57)46-10-2-4-25(46)32(56)45-24(16-61)31(55)43-22(34(58)59)11-17-5-7-18(48)8-6-17/h5-8,19-25,47-48,60-61H,1-4,9-16,36H2,(H,40,53)(H,41,49)(H,42,52)(H,43,55)(H,44,54)(H,45,56)(H,50,51)(H,58,59)(H4,37,38,39)/t19-,20+,21+,22+,23+,24-,25+/m1/s1. The lowest BCUT2D eigenvalue weighted by molar-refractivity contribution is -0.144. The lowest BCUT2D eigenvalue weighted by atomic mass is 10.1. The smallest absolute Gasteiger partial charge is 0.326 e. The molecule has 1 heterocycles. The minimum absolute atomic E-state index is 0.0107. The number of amides is 7. The van der Waals surface area contributed by atoms with Gasteiger partial charge in [0, 0.05) is 31.0 Å². The molecule has 0 unspecified atom stereocenters. The van der Waals surface area contributed by atoms with E-state index in [1.807, 2.05) is 0 Å². The van der Waals surface area contributed by atoms with Crippen molar-refractivity contribution in [1.82, 2.24) is 36.8 Å². The number of aliphatic imine (C=N–C) groups is 1. The van der Waals surface area contributed by atoms with Crippen molar-refractivity contribution in [3.8, 4) is 5.75 Å². The highest BCUT2D eigenvalue weighted by atomic mass is 32.1. The molecule has 0 radical (unpaired) electrons. The molecule has 26 heteroatoms. The van der Waals surface area contributed by atoms with E-state index < -0.39 is 115 Å².